The normalized spacial score (nSPS) is 11.8. The van der Waals surface area contributed by atoms with Gasteiger partial charge in [-0.25, -0.2) is 0 Å². The number of hydrogen-bond acceptors (Lipinski definition) is 4. The SMILES string of the molecule is CCSc1ccccc1C(C)Nc1cccc(C(=O)NCCO)c1. The maximum absolute atomic E-state index is 12.0. The molecule has 4 nitrogen and oxygen atoms in total. The number of carbonyl (C=O) groups is 1. The summed E-state index contributed by atoms with van der Waals surface area (Å²) in [5, 5.41) is 14.9. The molecular formula is C19H24N2O2S. The monoisotopic (exact) mass is 344 g/mol. The van der Waals surface area contributed by atoms with E-state index in [1.54, 1.807) is 6.07 Å². The molecule has 0 saturated heterocycles. The molecule has 0 radical (unpaired) electrons. The Kier molecular flexibility index (Phi) is 7.15. The summed E-state index contributed by atoms with van der Waals surface area (Å²) in [6.45, 7) is 4.46. The van der Waals surface area contributed by atoms with Crippen molar-refractivity contribution in [3.8, 4) is 0 Å². The first-order chi connectivity index (χ1) is 11.7. The summed E-state index contributed by atoms with van der Waals surface area (Å²) in [4.78, 5) is 13.3. The minimum absolute atomic E-state index is 0.0629. The van der Waals surface area contributed by atoms with Crippen LogP contribution in [0.5, 0.6) is 0 Å². The third-order valence-electron chi connectivity index (χ3n) is 3.59. The predicted molar refractivity (Wildman–Crippen MR) is 101 cm³/mol. The number of carbonyl (C=O) groups excluding carboxylic acids is 1. The number of nitrogens with one attached hydrogen (secondary N) is 2. The van der Waals surface area contributed by atoms with E-state index in [1.165, 1.54) is 10.5 Å². The van der Waals surface area contributed by atoms with Gasteiger partial charge in [0.05, 0.1) is 6.61 Å². The van der Waals surface area contributed by atoms with E-state index < -0.39 is 0 Å². The highest BCUT2D eigenvalue weighted by molar-refractivity contribution is 7.99. The molecule has 0 fully saturated rings. The molecule has 0 aromatic heterocycles. The second kappa shape index (κ2) is 9.35. The number of rotatable bonds is 8. The number of hydrogen-bond donors (Lipinski definition) is 3. The van der Waals surface area contributed by atoms with Crippen molar-refractivity contribution in [1.82, 2.24) is 5.32 Å². The van der Waals surface area contributed by atoms with Gasteiger partial charge in [-0.05, 0) is 42.5 Å². The van der Waals surface area contributed by atoms with Crippen molar-refractivity contribution in [3.63, 3.8) is 0 Å². The van der Waals surface area contributed by atoms with Gasteiger partial charge in [0.2, 0.25) is 0 Å². The molecule has 2 aromatic rings. The topological polar surface area (TPSA) is 61.4 Å². The van der Waals surface area contributed by atoms with E-state index in [2.05, 4.69) is 42.7 Å². The van der Waals surface area contributed by atoms with Crippen molar-refractivity contribution >= 4 is 23.4 Å². The van der Waals surface area contributed by atoms with Gasteiger partial charge in [-0.2, -0.15) is 0 Å². The smallest absolute Gasteiger partial charge is 0.251 e. The van der Waals surface area contributed by atoms with Gasteiger partial charge in [-0.3, -0.25) is 4.79 Å². The molecule has 0 saturated carbocycles. The van der Waals surface area contributed by atoms with Crippen LogP contribution >= 0.6 is 11.8 Å². The van der Waals surface area contributed by atoms with E-state index >= 15 is 0 Å². The lowest BCUT2D eigenvalue weighted by atomic mass is 10.1. The summed E-state index contributed by atoms with van der Waals surface area (Å²) in [7, 11) is 0. The van der Waals surface area contributed by atoms with E-state index in [1.807, 2.05) is 36.0 Å². The van der Waals surface area contributed by atoms with Gasteiger partial charge in [-0.15, -0.1) is 11.8 Å². The zero-order valence-corrected chi connectivity index (χ0v) is 14.9. The van der Waals surface area contributed by atoms with Crippen LogP contribution in [0.1, 0.15) is 35.8 Å². The van der Waals surface area contributed by atoms with Crippen LogP contribution in [0.2, 0.25) is 0 Å². The molecule has 0 aliphatic carbocycles. The van der Waals surface area contributed by atoms with Gasteiger partial charge >= 0.3 is 0 Å². The molecular weight excluding hydrogens is 320 g/mol. The Balaban J connectivity index is 2.12. The number of amides is 1. The van der Waals surface area contributed by atoms with Crippen LogP contribution in [0.4, 0.5) is 5.69 Å². The molecule has 24 heavy (non-hydrogen) atoms. The van der Waals surface area contributed by atoms with Crippen LogP contribution in [0, 0.1) is 0 Å². The fraction of sp³-hybridized carbons (Fsp3) is 0.316. The van der Waals surface area contributed by atoms with Crippen LogP contribution < -0.4 is 10.6 Å². The molecule has 1 atom stereocenters. The molecule has 0 aliphatic heterocycles. The third-order valence-corrected chi connectivity index (χ3v) is 4.56. The number of thioether (sulfide) groups is 1. The lowest BCUT2D eigenvalue weighted by molar-refractivity contribution is 0.0945. The molecule has 0 heterocycles. The van der Waals surface area contributed by atoms with E-state index in [0.29, 0.717) is 5.56 Å². The average Bonchev–Trinajstić information content (AvgIpc) is 2.60. The van der Waals surface area contributed by atoms with E-state index in [-0.39, 0.29) is 25.1 Å². The molecule has 0 aliphatic rings. The minimum atomic E-state index is -0.178. The van der Waals surface area contributed by atoms with Crippen LogP contribution in [-0.4, -0.2) is 29.9 Å². The third kappa shape index (κ3) is 5.01. The highest BCUT2D eigenvalue weighted by atomic mass is 32.2. The minimum Gasteiger partial charge on any atom is -0.395 e. The van der Waals surface area contributed by atoms with Crippen molar-refractivity contribution in [1.29, 1.82) is 0 Å². The largest absolute Gasteiger partial charge is 0.395 e. The van der Waals surface area contributed by atoms with Crippen LogP contribution in [0.25, 0.3) is 0 Å². The molecule has 3 N–H and O–H groups in total. The highest BCUT2D eigenvalue weighted by Crippen LogP contribution is 2.29. The lowest BCUT2D eigenvalue weighted by Crippen LogP contribution is -2.26. The van der Waals surface area contributed by atoms with Crippen LogP contribution in [0.3, 0.4) is 0 Å². The molecule has 5 heteroatoms. The number of benzene rings is 2. The Morgan fingerprint density at radius 2 is 2.00 bits per heavy atom. The Bertz CT molecular complexity index is 676. The van der Waals surface area contributed by atoms with Crippen LogP contribution in [0.15, 0.2) is 53.4 Å². The van der Waals surface area contributed by atoms with Crippen LogP contribution in [-0.2, 0) is 0 Å². The van der Waals surface area contributed by atoms with E-state index in [0.717, 1.165) is 11.4 Å². The zero-order chi connectivity index (χ0) is 17.4. The fourth-order valence-electron chi connectivity index (χ4n) is 2.47. The Hall–Kier alpha value is -1.98. The average molecular weight is 344 g/mol. The molecule has 1 unspecified atom stereocenters. The van der Waals surface area contributed by atoms with Gasteiger partial charge in [0.15, 0.2) is 0 Å². The molecule has 2 rings (SSSR count). The van der Waals surface area contributed by atoms with Crippen molar-refractivity contribution in [2.45, 2.75) is 24.8 Å². The molecule has 0 spiro atoms. The summed E-state index contributed by atoms with van der Waals surface area (Å²) < 4.78 is 0. The Morgan fingerprint density at radius 3 is 2.75 bits per heavy atom. The standard InChI is InChI=1S/C19H24N2O2S/c1-3-24-18-10-5-4-9-17(18)14(2)21-16-8-6-7-15(13-16)19(23)20-11-12-22/h4-10,13-14,21-22H,3,11-12H2,1-2H3,(H,20,23). The highest BCUT2D eigenvalue weighted by Gasteiger charge is 2.11. The molecule has 128 valence electrons. The first-order valence-corrected chi connectivity index (χ1v) is 9.11. The summed E-state index contributed by atoms with van der Waals surface area (Å²) in [5.41, 5.74) is 2.73. The first kappa shape index (κ1) is 18.4. The second-order valence-corrected chi connectivity index (χ2v) is 6.70. The number of aliphatic hydroxyl groups excluding tert-OH is 1. The maximum Gasteiger partial charge on any atom is 0.251 e. The second-order valence-electron chi connectivity index (χ2n) is 5.40. The summed E-state index contributed by atoms with van der Waals surface area (Å²) >= 11 is 1.83. The van der Waals surface area contributed by atoms with Crippen molar-refractivity contribution in [3.05, 3.63) is 59.7 Å². The zero-order valence-electron chi connectivity index (χ0n) is 14.1. The lowest BCUT2D eigenvalue weighted by Gasteiger charge is -2.19. The molecule has 2 aromatic carbocycles. The van der Waals surface area contributed by atoms with Gasteiger partial charge in [0.25, 0.3) is 5.91 Å². The van der Waals surface area contributed by atoms with Gasteiger partial charge in [0.1, 0.15) is 0 Å². The molecule has 1 amide bonds. The molecule has 0 bridgehead atoms. The number of anilines is 1. The quantitative estimate of drug-likeness (QED) is 0.639. The van der Waals surface area contributed by atoms with Crippen molar-refractivity contribution in [2.24, 2.45) is 0 Å². The first-order valence-electron chi connectivity index (χ1n) is 8.13. The van der Waals surface area contributed by atoms with E-state index in [9.17, 15) is 4.79 Å². The predicted octanol–water partition coefficient (Wildman–Crippen LogP) is 3.69. The van der Waals surface area contributed by atoms with Crippen molar-refractivity contribution in [2.75, 3.05) is 24.2 Å². The van der Waals surface area contributed by atoms with E-state index in [4.69, 9.17) is 5.11 Å². The maximum atomic E-state index is 12.0. The summed E-state index contributed by atoms with van der Waals surface area (Å²) in [5.74, 6) is 0.854. The van der Waals surface area contributed by atoms with Gasteiger partial charge < -0.3 is 15.7 Å². The number of aliphatic hydroxyl groups is 1. The Morgan fingerprint density at radius 1 is 1.21 bits per heavy atom. The summed E-state index contributed by atoms with van der Waals surface area (Å²) in [6.07, 6.45) is 0. The fourth-order valence-corrected chi connectivity index (χ4v) is 3.37. The Labute approximate surface area is 147 Å². The van der Waals surface area contributed by atoms with Crippen molar-refractivity contribution < 1.29 is 9.90 Å². The van der Waals surface area contributed by atoms with Gasteiger partial charge in [-0.1, -0.05) is 31.2 Å². The summed E-state index contributed by atoms with van der Waals surface area (Å²) in [6, 6.07) is 15.9. The van der Waals surface area contributed by atoms with Gasteiger partial charge in [0, 0.05) is 28.7 Å².